The van der Waals surface area contributed by atoms with Gasteiger partial charge in [-0.2, -0.15) is 0 Å². The molecule has 1 aromatic heterocycles. The number of hydrogen-bond acceptors (Lipinski definition) is 2. The van der Waals surface area contributed by atoms with Gasteiger partial charge in [0.15, 0.2) is 6.29 Å². The van der Waals surface area contributed by atoms with Gasteiger partial charge in [0.2, 0.25) is 0 Å². The molecule has 0 aliphatic carbocycles. The van der Waals surface area contributed by atoms with Crippen LogP contribution in [0.1, 0.15) is 16.5 Å². The number of nitrogens with zero attached hydrogens (tertiary/aromatic N) is 1. The molecular formula is C8H9NO2. The topological polar surface area (TPSA) is 31.2 Å². The molecule has 1 fully saturated rings. The van der Waals surface area contributed by atoms with Crippen LogP contribution in [0.15, 0.2) is 18.3 Å². The van der Waals surface area contributed by atoms with Crippen LogP contribution in [0.2, 0.25) is 0 Å². The molecule has 58 valence electrons. The van der Waals surface area contributed by atoms with E-state index in [0.29, 0.717) is 6.04 Å². The van der Waals surface area contributed by atoms with Crippen LogP contribution in [0.5, 0.6) is 0 Å². The third kappa shape index (κ3) is 0.973. The molecule has 0 spiro atoms. The third-order valence-corrected chi connectivity index (χ3v) is 1.95. The summed E-state index contributed by atoms with van der Waals surface area (Å²) < 4.78 is 6.98. The van der Waals surface area contributed by atoms with E-state index in [1.54, 1.807) is 0 Å². The number of aldehydes is 1. The van der Waals surface area contributed by atoms with Crippen LogP contribution < -0.4 is 0 Å². The number of carbonyl (C=O) groups is 1. The maximum absolute atomic E-state index is 10.5. The average Bonchev–Trinajstić information content (AvgIpc) is 2.32. The molecule has 0 aromatic carbocycles. The number of carbonyl (C=O) groups excluding carboxylic acids is 1. The van der Waals surface area contributed by atoms with Crippen molar-refractivity contribution in [3.8, 4) is 0 Å². The molecule has 1 aliphatic rings. The summed E-state index contributed by atoms with van der Waals surface area (Å²) >= 11 is 0. The second kappa shape index (κ2) is 2.51. The molecule has 0 amide bonds. The van der Waals surface area contributed by atoms with Gasteiger partial charge in [-0.25, -0.2) is 0 Å². The maximum atomic E-state index is 10.5. The lowest BCUT2D eigenvalue weighted by atomic mass is 10.2. The monoisotopic (exact) mass is 151 g/mol. The highest BCUT2D eigenvalue weighted by atomic mass is 16.5. The Morgan fingerprint density at radius 1 is 1.64 bits per heavy atom. The van der Waals surface area contributed by atoms with Crippen molar-refractivity contribution in [1.29, 1.82) is 0 Å². The fraction of sp³-hybridized carbons (Fsp3) is 0.375. The zero-order valence-electron chi connectivity index (χ0n) is 6.06. The van der Waals surface area contributed by atoms with E-state index in [4.69, 9.17) is 4.74 Å². The molecular weight excluding hydrogens is 142 g/mol. The first kappa shape index (κ1) is 6.61. The van der Waals surface area contributed by atoms with E-state index in [0.717, 1.165) is 25.2 Å². The minimum Gasteiger partial charge on any atom is -0.377 e. The second-order valence-corrected chi connectivity index (χ2v) is 2.65. The molecule has 2 rings (SSSR count). The molecule has 1 aromatic rings. The van der Waals surface area contributed by atoms with Gasteiger partial charge in [-0.1, -0.05) is 0 Å². The summed E-state index contributed by atoms with van der Waals surface area (Å²) in [4.78, 5) is 10.5. The molecule has 3 heteroatoms. The van der Waals surface area contributed by atoms with Crippen LogP contribution in [-0.4, -0.2) is 24.1 Å². The summed E-state index contributed by atoms with van der Waals surface area (Å²) in [6, 6.07) is 4.07. The van der Waals surface area contributed by atoms with E-state index in [1.807, 2.05) is 22.9 Å². The van der Waals surface area contributed by atoms with Gasteiger partial charge in [-0.05, 0) is 12.1 Å². The van der Waals surface area contributed by atoms with Crippen molar-refractivity contribution in [2.75, 3.05) is 13.2 Å². The molecule has 2 heterocycles. The van der Waals surface area contributed by atoms with Crippen molar-refractivity contribution in [3.05, 3.63) is 24.0 Å². The molecule has 0 N–H and O–H groups in total. The molecule has 0 saturated carbocycles. The van der Waals surface area contributed by atoms with Crippen LogP contribution in [0.25, 0.3) is 0 Å². The lowest BCUT2D eigenvalue weighted by molar-refractivity contribution is -0.0236. The van der Waals surface area contributed by atoms with Crippen molar-refractivity contribution in [1.82, 2.24) is 4.57 Å². The van der Waals surface area contributed by atoms with Crippen LogP contribution in [-0.2, 0) is 4.74 Å². The van der Waals surface area contributed by atoms with E-state index in [2.05, 4.69) is 0 Å². The minimum atomic E-state index is 0.380. The van der Waals surface area contributed by atoms with Crippen LogP contribution in [0, 0.1) is 0 Å². The quantitative estimate of drug-likeness (QED) is 0.587. The van der Waals surface area contributed by atoms with E-state index < -0.39 is 0 Å². The highest BCUT2D eigenvalue weighted by molar-refractivity contribution is 5.72. The molecule has 1 aliphatic heterocycles. The number of hydrogen-bond donors (Lipinski definition) is 0. The van der Waals surface area contributed by atoms with Gasteiger partial charge < -0.3 is 9.30 Å². The van der Waals surface area contributed by atoms with Crippen molar-refractivity contribution in [3.63, 3.8) is 0 Å². The van der Waals surface area contributed by atoms with Crippen molar-refractivity contribution in [2.45, 2.75) is 6.04 Å². The van der Waals surface area contributed by atoms with Crippen molar-refractivity contribution < 1.29 is 9.53 Å². The highest BCUT2D eigenvalue weighted by Crippen LogP contribution is 2.18. The summed E-state index contributed by atoms with van der Waals surface area (Å²) in [5.74, 6) is 0. The predicted molar refractivity (Wildman–Crippen MR) is 39.7 cm³/mol. The highest BCUT2D eigenvalue weighted by Gasteiger charge is 2.21. The largest absolute Gasteiger partial charge is 0.377 e. The van der Waals surface area contributed by atoms with Gasteiger partial charge in [-0.3, -0.25) is 4.79 Å². The Balaban J connectivity index is 2.27. The zero-order valence-corrected chi connectivity index (χ0v) is 6.06. The second-order valence-electron chi connectivity index (χ2n) is 2.65. The summed E-state index contributed by atoms with van der Waals surface area (Å²) in [5.41, 5.74) is 0.735. The summed E-state index contributed by atoms with van der Waals surface area (Å²) in [6.07, 6.45) is 2.79. The molecule has 0 radical (unpaired) electrons. The van der Waals surface area contributed by atoms with E-state index >= 15 is 0 Å². The molecule has 0 atom stereocenters. The molecule has 1 saturated heterocycles. The molecule has 0 unspecified atom stereocenters. The Morgan fingerprint density at radius 2 is 2.45 bits per heavy atom. The van der Waals surface area contributed by atoms with Gasteiger partial charge in [-0.15, -0.1) is 0 Å². The normalized spacial score (nSPS) is 17.8. The third-order valence-electron chi connectivity index (χ3n) is 1.95. The Hall–Kier alpha value is -1.09. The zero-order chi connectivity index (χ0) is 7.68. The number of rotatable bonds is 2. The first-order chi connectivity index (χ1) is 5.42. The fourth-order valence-corrected chi connectivity index (χ4v) is 1.22. The van der Waals surface area contributed by atoms with Crippen LogP contribution >= 0.6 is 0 Å². The lowest BCUT2D eigenvalue weighted by Crippen LogP contribution is -2.31. The van der Waals surface area contributed by atoms with Crippen LogP contribution in [0.4, 0.5) is 0 Å². The van der Waals surface area contributed by atoms with Gasteiger partial charge in [0.1, 0.15) is 0 Å². The number of aromatic nitrogens is 1. The summed E-state index contributed by atoms with van der Waals surface area (Å²) in [7, 11) is 0. The minimum absolute atomic E-state index is 0.380. The van der Waals surface area contributed by atoms with Crippen molar-refractivity contribution >= 4 is 6.29 Å². The lowest BCUT2D eigenvalue weighted by Gasteiger charge is -2.28. The Morgan fingerprint density at radius 3 is 3.00 bits per heavy atom. The Labute approximate surface area is 64.6 Å². The van der Waals surface area contributed by atoms with Gasteiger partial charge in [0.05, 0.1) is 24.9 Å². The van der Waals surface area contributed by atoms with Gasteiger partial charge in [0, 0.05) is 6.20 Å². The standard InChI is InChI=1S/C8H9NO2/c10-4-7-2-1-3-9(7)8-5-11-6-8/h1-4,8H,5-6H2. The number of ether oxygens (including phenoxy) is 1. The first-order valence-corrected chi connectivity index (χ1v) is 3.61. The van der Waals surface area contributed by atoms with Gasteiger partial charge in [0.25, 0.3) is 0 Å². The first-order valence-electron chi connectivity index (χ1n) is 3.61. The summed E-state index contributed by atoms with van der Waals surface area (Å²) in [5, 5.41) is 0. The van der Waals surface area contributed by atoms with E-state index in [-0.39, 0.29) is 0 Å². The predicted octanol–water partition coefficient (Wildman–Crippen LogP) is 0.872. The Kier molecular flexibility index (Phi) is 1.51. The van der Waals surface area contributed by atoms with Gasteiger partial charge >= 0.3 is 0 Å². The molecule has 0 bridgehead atoms. The smallest absolute Gasteiger partial charge is 0.166 e. The van der Waals surface area contributed by atoms with Crippen LogP contribution in [0.3, 0.4) is 0 Å². The SMILES string of the molecule is O=Cc1cccn1C1COC1. The van der Waals surface area contributed by atoms with Crippen molar-refractivity contribution in [2.24, 2.45) is 0 Å². The Bertz CT molecular complexity index is 263. The maximum Gasteiger partial charge on any atom is 0.166 e. The van der Waals surface area contributed by atoms with E-state index in [9.17, 15) is 4.79 Å². The molecule has 11 heavy (non-hydrogen) atoms. The molecule has 3 nitrogen and oxygen atoms in total. The fourth-order valence-electron chi connectivity index (χ4n) is 1.22. The summed E-state index contributed by atoms with van der Waals surface area (Å²) in [6.45, 7) is 1.46. The van der Waals surface area contributed by atoms with E-state index in [1.165, 1.54) is 0 Å². The average molecular weight is 151 g/mol.